The third-order valence-corrected chi connectivity index (χ3v) is 5.34. The molecular formula is C20H21F3N4O2S. The molecule has 0 aliphatic carbocycles. The van der Waals surface area contributed by atoms with Crippen LogP contribution in [0.1, 0.15) is 31.7 Å². The Morgan fingerprint density at radius 1 is 1.23 bits per heavy atom. The molecule has 3 rings (SSSR count). The van der Waals surface area contributed by atoms with Gasteiger partial charge >= 0.3 is 6.18 Å². The summed E-state index contributed by atoms with van der Waals surface area (Å²) in [5, 5.41) is 8.38. The van der Waals surface area contributed by atoms with Crippen molar-refractivity contribution in [3.63, 3.8) is 0 Å². The molecular weight excluding hydrogens is 417 g/mol. The number of carbonyl (C=O) groups is 1. The van der Waals surface area contributed by atoms with Crippen molar-refractivity contribution in [3.8, 4) is 10.7 Å². The molecule has 0 aliphatic rings. The van der Waals surface area contributed by atoms with Crippen molar-refractivity contribution in [3.05, 3.63) is 47.2 Å². The monoisotopic (exact) mass is 438 g/mol. The van der Waals surface area contributed by atoms with E-state index in [0.29, 0.717) is 30.5 Å². The van der Waals surface area contributed by atoms with Crippen LogP contribution < -0.4 is 10.2 Å². The first-order valence-corrected chi connectivity index (χ1v) is 10.3. The minimum absolute atomic E-state index is 0.00000921. The molecule has 0 atom stereocenters. The second-order valence-corrected chi connectivity index (χ2v) is 7.39. The summed E-state index contributed by atoms with van der Waals surface area (Å²) in [4.78, 5) is 19.4. The number of hydrogen-bond acceptors (Lipinski definition) is 6. The molecule has 6 nitrogen and oxygen atoms in total. The van der Waals surface area contributed by atoms with E-state index >= 15 is 0 Å². The molecule has 0 unspecified atom stereocenters. The van der Waals surface area contributed by atoms with E-state index < -0.39 is 17.6 Å². The number of aromatic nitrogens is 2. The highest BCUT2D eigenvalue weighted by atomic mass is 32.1. The van der Waals surface area contributed by atoms with E-state index in [0.717, 1.165) is 17.0 Å². The first kappa shape index (κ1) is 21.8. The molecule has 1 aromatic carbocycles. The van der Waals surface area contributed by atoms with E-state index in [1.165, 1.54) is 17.4 Å². The average molecular weight is 438 g/mol. The van der Waals surface area contributed by atoms with Gasteiger partial charge in [-0.05, 0) is 43.5 Å². The van der Waals surface area contributed by atoms with E-state index in [9.17, 15) is 18.0 Å². The minimum Gasteiger partial charge on any atom is -0.370 e. The maximum atomic E-state index is 13.1. The molecule has 0 saturated carbocycles. The molecule has 0 aliphatic heterocycles. The normalized spacial score (nSPS) is 11.5. The summed E-state index contributed by atoms with van der Waals surface area (Å²) >= 11 is 1.47. The van der Waals surface area contributed by atoms with Crippen LogP contribution >= 0.6 is 11.3 Å². The number of rotatable bonds is 8. The second kappa shape index (κ2) is 9.29. The fourth-order valence-electron chi connectivity index (χ4n) is 2.95. The Bertz CT molecular complexity index is 982. The number of aryl methyl sites for hydroxylation is 1. The van der Waals surface area contributed by atoms with Gasteiger partial charge in [0.2, 0.25) is 17.6 Å². The number of nitrogens with zero attached hydrogens (tertiary/aromatic N) is 3. The summed E-state index contributed by atoms with van der Waals surface area (Å²) in [6.07, 6.45) is -4.31. The molecule has 0 saturated heterocycles. The molecule has 1 amide bonds. The Labute approximate surface area is 175 Å². The van der Waals surface area contributed by atoms with Crippen molar-refractivity contribution < 1.29 is 22.5 Å². The molecule has 10 heteroatoms. The van der Waals surface area contributed by atoms with Crippen LogP contribution in [-0.4, -0.2) is 29.1 Å². The molecule has 160 valence electrons. The highest BCUT2D eigenvalue weighted by molar-refractivity contribution is 7.13. The number of thiophene rings is 1. The van der Waals surface area contributed by atoms with Crippen molar-refractivity contribution in [2.75, 3.05) is 23.3 Å². The summed E-state index contributed by atoms with van der Waals surface area (Å²) in [5.41, 5.74) is -0.145. The molecule has 0 spiro atoms. The summed E-state index contributed by atoms with van der Waals surface area (Å²) in [6, 6.07) is 7.10. The van der Waals surface area contributed by atoms with Crippen LogP contribution in [0.4, 0.5) is 24.5 Å². The Balaban J connectivity index is 1.71. The topological polar surface area (TPSA) is 71.3 Å². The van der Waals surface area contributed by atoms with Gasteiger partial charge in [0.1, 0.15) is 0 Å². The molecule has 0 radical (unpaired) electrons. The molecule has 3 aromatic rings. The van der Waals surface area contributed by atoms with Crippen LogP contribution in [0.5, 0.6) is 0 Å². The summed E-state index contributed by atoms with van der Waals surface area (Å²) in [5.74, 6) is 0.308. The van der Waals surface area contributed by atoms with Crippen LogP contribution in [0, 0.1) is 0 Å². The number of hydrogen-bond donors (Lipinski definition) is 1. The van der Waals surface area contributed by atoms with Gasteiger partial charge in [0.05, 0.1) is 21.8 Å². The third kappa shape index (κ3) is 5.18. The van der Waals surface area contributed by atoms with Crippen LogP contribution in [0.15, 0.2) is 40.2 Å². The van der Waals surface area contributed by atoms with E-state index in [4.69, 9.17) is 4.52 Å². The molecule has 0 fully saturated rings. The maximum absolute atomic E-state index is 13.1. The Hall–Kier alpha value is -2.88. The molecule has 2 heterocycles. The molecule has 2 aromatic heterocycles. The van der Waals surface area contributed by atoms with Gasteiger partial charge in [0, 0.05) is 25.9 Å². The fraction of sp³-hybridized carbons (Fsp3) is 0.350. The number of nitrogens with one attached hydrogen (secondary N) is 1. The predicted octanol–water partition coefficient (Wildman–Crippen LogP) is 5.23. The summed E-state index contributed by atoms with van der Waals surface area (Å²) < 4.78 is 44.6. The highest BCUT2D eigenvalue weighted by Crippen LogP contribution is 2.35. The second-order valence-electron chi connectivity index (χ2n) is 6.44. The van der Waals surface area contributed by atoms with Crippen molar-refractivity contribution >= 4 is 28.6 Å². The van der Waals surface area contributed by atoms with Gasteiger partial charge in [0.15, 0.2) is 0 Å². The van der Waals surface area contributed by atoms with Gasteiger partial charge in [-0.25, -0.2) is 0 Å². The molecule has 1 N–H and O–H groups in total. The van der Waals surface area contributed by atoms with E-state index in [1.54, 1.807) is 0 Å². The molecule has 0 bridgehead atoms. The average Bonchev–Trinajstić information content (AvgIpc) is 3.39. The van der Waals surface area contributed by atoms with Crippen LogP contribution in [0.2, 0.25) is 0 Å². The van der Waals surface area contributed by atoms with Crippen molar-refractivity contribution in [2.45, 2.75) is 32.9 Å². The zero-order valence-corrected chi connectivity index (χ0v) is 17.3. The fourth-order valence-corrected chi connectivity index (χ4v) is 3.60. The summed E-state index contributed by atoms with van der Waals surface area (Å²) in [6.45, 7) is 4.98. The van der Waals surface area contributed by atoms with Gasteiger partial charge < -0.3 is 14.7 Å². The van der Waals surface area contributed by atoms with Crippen molar-refractivity contribution in [1.29, 1.82) is 0 Å². The van der Waals surface area contributed by atoms with Crippen LogP contribution in [0.25, 0.3) is 10.7 Å². The number of amides is 1. The number of benzene rings is 1. The predicted molar refractivity (Wildman–Crippen MR) is 110 cm³/mol. The number of alkyl halides is 3. The van der Waals surface area contributed by atoms with E-state index in [2.05, 4.69) is 15.5 Å². The van der Waals surface area contributed by atoms with Gasteiger partial charge in [-0.15, -0.1) is 11.3 Å². The standard InChI is InChI=1S/C20H21F3N4O2S/c1-3-27(4-2)15-8-7-13(20(21,22)23)12-14(15)24-17(28)9-10-18-25-19(26-29-18)16-6-5-11-30-16/h5-8,11-12H,3-4,9-10H2,1-2H3,(H,24,28). The number of carbonyl (C=O) groups excluding carboxylic acids is 1. The lowest BCUT2D eigenvalue weighted by molar-refractivity contribution is -0.137. The van der Waals surface area contributed by atoms with Crippen molar-refractivity contribution in [2.24, 2.45) is 0 Å². The highest BCUT2D eigenvalue weighted by Gasteiger charge is 2.31. The Kier molecular flexibility index (Phi) is 6.76. The van der Waals surface area contributed by atoms with E-state index in [-0.39, 0.29) is 18.5 Å². The Morgan fingerprint density at radius 3 is 2.63 bits per heavy atom. The Morgan fingerprint density at radius 2 is 2.00 bits per heavy atom. The van der Waals surface area contributed by atoms with E-state index in [1.807, 2.05) is 36.3 Å². The lowest BCUT2D eigenvalue weighted by atomic mass is 10.1. The lowest BCUT2D eigenvalue weighted by Crippen LogP contribution is -2.24. The van der Waals surface area contributed by atoms with Gasteiger partial charge in [-0.2, -0.15) is 18.2 Å². The van der Waals surface area contributed by atoms with Crippen LogP contribution in [0.3, 0.4) is 0 Å². The maximum Gasteiger partial charge on any atom is 0.416 e. The molecule has 30 heavy (non-hydrogen) atoms. The number of anilines is 2. The van der Waals surface area contributed by atoms with Gasteiger partial charge in [-0.3, -0.25) is 4.79 Å². The quantitative estimate of drug-likeness (QED) is 0.521. The van der Waals surface area contributed by atoms with Gasteiger partial charge in [0.25, 0.3) is 0 Å². The number of halogens is 3. The zero-order valence-electron chi connectivity index (χ0n) is 16.5. The van der Waals surface area contributed by atoms with Gasteiger partial charge in [-0.1, -0.05) is 11.2 Å². The SMILES string of the molecule is CCN(CC)c1ccc(C(F)(F)F)cc1NC(=O)CCc1nc(-c2cccs2)no1. The first-order valence-electron chi connectivity index (χ1n) is 9.44. The summed E-state index contributed by atoms with van der Waals surface area (Å²) in [7, 11) is 0. The minimum atomic E-state index is -4.50. The zero-order chi connectivity index (χ0) is 21.7. The largest absolute Gasteiger partial charge is 0.416 e. The smallest absolute Gasteiger partial charge is 0.370 e. The third-order valence-electron chi connectivity index (χ3n) is 4.48. The lowest BCUT2D eigenvalue weighted by Gasteiger charge is -2.25. The van der Waals surface area contributed by atoms with Crippen molar-refractivity contribution in [1.82, 2.24) is 10.1 Å². The van der Waals surface area contributed by atoms with Crippen LogP contribution in [-0.2, 0) is 17.4 Å². The first-order chi connectivity index (χ1) is 14.3.